The highest BCUT2D eigenvalue weighted by Crippen LogP contribution is 2.41. The summed E-state index contributed by atoms with van der Waals surface area (Å²) in [6, 6.07) is 18.8. The predicted molar refractivity (Wildman–Crippen MR) is 105 cm³/mol. The van der Waals surface area contributed by atoms with E-state index in [0.29, 0.717) is 0 Å². The van der Waals surface area contributed by atoms with Gasteiger partial charge >= 0.3 is 0 Å². The van der Waals surface area contributed by atoms with Crippen LogP contribution in [0.4, 0.5) is 5.69 Å². The van der Waals surface area contributed by atoms with E-state index in [-0.39, 0.29) is 12.1 Å². The monoisotopic (exact) mass is 348 g/mol. The molecule has 1 aliphatic heterocycles. The van der Waals surface area contributed by atoms with Gasteiger partial charge in [-0.1, -0.05) is 23.8 Å². The fourth-order valence-corrected chi connectivity index (χ4v) is 3.77. The van der Waals surface area contributed by atoms with Crippen LogP contribution in [0.3, 0.4) is 0 Å². The van der Waals surface area contributed by atoms with E-state index < -0.39 is 0 Å². The number of anilines is 1. The lowest BCUT2D eigenvalue weighted by molar-refractivity contribution is 0.541. The molecule has 0 saturated carbocycles. The Morgan fingerprint density at radius 2 is 1.84 bits per heavy atom. The molecule has 1 N–H and O–H groups in total. The van der Waals surface area contributed by atoms with Gasteiger partial charge in [-0.3, -0.25) is 4.98 Å². The lowest BCUT2D eigenvalue weighted by atomic mass is 10.0. The summed E-state index contributed by atoms with van der Waals surface area (Å²) in [6.07, 6.45) is 3.90. The molecule has 3 heterocycles. The molecular formula is C20H20N4S. The minimum atomic E-state index is 0.00334. The molecule has 4 rings (SSSR count). The Morgan fingerprint density at radius 1 is 1.04 bits per heavy atom. The molecular weight excluding hydrogens is 328 g/mol. The highest BCUT2D eigenvalue weighted by atomic mass is 32.1. The lowest BCUT2D eigenvalue weighted by Crippen LogP contribution is -2.30. The number of hydrogen-bond donors (Lipinski definition) is 1. The first-order chi connectivity index (χ1) is 12.1. The van der Waals surface area contributed by atoms with Gasteiger partial charge < -0.3 is 14.8 Å². The van der Waals surface area contributed by atoms with E-state index in [1.165, 1.54) is 11.3 Å². The van der Waals surface area contributed by atoms with Gasteiger partial charge in [-0.25, -0.2) is 0 Å². The molecule has 1 aromatic carbocycles. The van der Waals surface area contributed by atoms with Crippen molar-refractivity contribution in [1.29, 1.82) is 0 Å². The molecule has 2 aromatic heterocycles. The second kappa shape index (κ2) is 6.33. The van der Waals surface area contributed by atoms with E-state index >= 15 is 0 Å². The Balaban J connectivity index is 1.83. The Bertz CT molecular complexity index is 886. The average Bonchev–Trinajstić information content (AvgIpc) is 3.19. The van der Waals surface area contributed by atoms with Crippen molar-refractivity contribution < 1.29 is 0 Å². The first-order valence-electron chi connectivity index (χ1n) is 8.34. The van der Waals surface area contributed by atoms with Gasteiger partial charge in [0.2, 0.25) is 0 Å². The van der Waals surface area contributed by atoms with E-state index in [4.69, 9.17) is 12.2 Å². The average molecular weight is 348 g/mol. The Labute approximate surface area is 153 Å². The number of nitrogens with zero attached hydrogens (tertiary/aromatic N) is 3. The quantitative estimate of drug-likeness (QED) is 0.728. The smallest absolute Gasteiger partial charge is 0.174 e. The summed E-state index contributed by atoms with van der Waals surface area (Å²) < 4.78 is 2.15. The fraction of sp³-hybridized carbons (Fsp3) is 0.200. The fourth-order valence-electron chi connectivity index (χ4n) is 3.42. The molecule has 25 heavy (non-hydrogen) atoms. The van der Waals surface area contributed by atoms with E-state index in [1.807, 2.05) is 18.3 Å². The van der Waals surface area contributed by atoms with Gasteiger partial charge in [0.1, 0.15) is 6.04 Å². The van der Waals surface area contributed by atoms with E-state index in [0.717, 1.165) is 16.5 Å². The number of aromatic nitrogens is 2. The SMILES string of the molecule is Cc1ccc(N2C(=S)N[C@@H](c3ccccn3)[C@@H]2c2cccn2C)cc1. The highest BCUT2D eigenvalue weighted by Gasteiger charge is 2.41. The van der Waals surface area contributed by atoms with Crippen molar-refractivity contribution >= 4 is 23.0 Å². The third-order valence-corrected chi connectivity index (χ3v) is 5.01. The van der Waals surface area contributed by atoms with Crippen LogP contribution in [0.1, 0.15) is 29.0 Å². The Morgan fingerprint density at radius 3 is 2.48 bits per heavy atom. The normalized spacial score (nSPS) is 19.9. The van der Waals surface area contributed by atoms with Gasteiger partial charge in [-0.05, 0) is 55.5 Å². The van der Waals surface area contributed by atoms with Gasteiger partial charge in [0, 0.05) is 30.8 Å². The van der Waals surface area contributed by atoms with Crippen LogP contribution in [-0.2, 0) is 7.05 Å². The number of pyridine rings is 1. The third kappa shape index (κ3) is 2.81. The van der Waals surface area contributed by atoms with Crippen LogP contribution in [0.15, 0.2) is 67.0 Å². The maximum absolute atomic E-state index is 5.70. The maximum atomic E-state index is 5.70. The van der Waals surface area contributed by atoms with E-state index in [1.54, 1.807) is 0 Å². The molecule has 3 aromatic rings. The van der Waals surface area contributed by atoms with Crippen LogP contribution < -0.4 is 10.2 Å². The Kier molecular flexibility index (Phi) is 4.01. The summed E-state index contributed by atoms with van der Waals surface area (Å²) in [5.74, 6) is 0. The largest absolute Gasteiger partial charge is 0.353 e. The van der Waals surface area contributed by atoms with Crippen molar-refractivity contribution in [2.45, 2.75) is 19.0 Å². The number of benzene rings is 1. The topological polar surface area (TPSA) is 33.1 Å². The van der Waals surface area contributed by atoms with Crippen molar-refractivity contribution in [3.8, 4) is 0 Å². The van der Waals surface area contributed by atoms with Crippen LogP contribution in [-0.4, -0.2) is 14.7 Å². The molecule has 0 unspecified atom stereocenters. The number of aryl methyl sites for hydroxylation is 2. The zero-order valence-corrected chi connectivity index (χ0v) is 15.1. The second-order valence-corrected chi connectivity index (χ2v) is 6.76. The molecule has 2 atom stereocenters. The molecule has 1 fully saturated rings. The van der Waals surface area contributed by atoms with Crippen LogP contribution in [0.5, 0.6) is 0 Å². The summed E-state index contributed by atoms with van der Waals surface area (Å²) in [7, 11) is 2.07. The number of nitrogens with one attached hydrogen (secondary N) is 1. The van der Waals surface area contributed by atoms with Crippen molar-refractivity contribution in [3.63, 3.8) is 0 Å². The molecule has 4 nitrogen and oxygen atoms in total. The van der Waals surface area contributed by atoms with Gasteiger partial charge in [0.25, 0.3) is 0 Å². The zero-order valence-electron chi connectivity index (χ0n) is 14.3. The first-order valence-corrected chi connectivity index (χ1v) is 8.74. The summed E-state index contributed by atoms with van der Waals surface area (Å²) >= 11 is 5.70. The molecule has 0 radical (unpaired) electrons. The van der Waals surface area contributed by atoms with Crippen LogP contribution in [0, 0.1) is 6.92 Å². The van der Waals surface area contributed by atoms with Crippen LogP contribution in [0.25, 0.3) is 0 Å². The molecule has 126 valence electrons. The van der Waals surface area contributed by atoms with Crippen molar-refractivity contribution in [2.24, 2.45) is 7.05 Å². The minimum absolute atomic E-state index is 0.00334. The molecule has 1 aliphatic rings. The number of hydrogen-bond acceptors (Lipinski definition) is 2. The highest BCUT2D eigenvalue weighted by molar-refractivity contribution is 7.80. The summed E-state index contributed by atoms with van der Waals surface area (Å²) in [5.41, 5.74) is 4.51. The summed E-state index contributed by atoms with van der Waals surface area (Å²) in [4.78, 5) is 6.77. The molecule has 0 amide bonds. The molecule has 1 saturated heterocycles. The lowest BCUT2D eigenvalue weighted by Gasteiger charge is -2.28. The summed E-state index contributed by atoms with van der Waals surface area (Å²) in [6.45, 7) is 2.09. The zero-order chi connectivity index (χ0) is 17.4. The summed E-state index contributed by atoms with van der Waals surface area (Å²) in [5, 5.41) is 4.21. The van der Waals surface area contributed by atoms with Crippen LogP contribution in [0.2, 0.25) is 0 Å². The van der Waals surface area contributed by atoms with Crippen molar-refractivity contribution in [1.82, 2.24) is 14.9 Å². The standard InChI is InChI=1S/C20H20N4S/c1-14-8-10-15(11-9-14)24-19(17-7-5-13-23(17)2)18(22-20(24)25)16-6-3-4-12-21-16/h3-13,18-19H,1-2H3,(H,22,25)/t18-,19-/m0/s1. The van der Waals surface area contributed by atoms with Gasteiger partial charge in [0.15, 0.2) is 5.11 Å². The molecule has 0 spiro atoms. The number of rotatable bonds is 3. The first kappa shape index (κ1) is 15.8. The van der Waals surface area contributed by atoms with E-state index in [2.05, 4.69) is 82.4 Å². The van der Waals surface area contributed by atoms with Gasteiger partial charge in [0.05, 0.1) is 11.7 Å². The predicted octanol–water partition coefficient (Wildman–Crippen LogP) is 3.91. The van der Waals surface area contributed by atoms with Gasteiger partial charge in [-0.2, -0.15) is 0 Å². The number of thiocarbonyl (C=S) groups is 1. The maximum Gasteiger partial charge on any atom is 0.174 e. The minimum Gasteiger partial charge on any atom is -0.353 e. The van der Waals surface area contributed by atoms with Crippen molar-refractivity contribution in [2.75, 3.05) is 4.90 Å². The van der Waals surface area contributed by atoms with Gasteiger partial charge in [-0.15, -0.1) is 0 Å². The Hall–Kier alpha value is -2.66. The second-order valence-electron chi connectivity index (χ2n) is 6.38. The third-order valence-electron chi connectivity index (χ3n) is 4.70. The molecule has 5 heteroatoms. The van der Waals surface area contributed by atoms with Crippen LogP contribution >= 0.6 is 12.2 Å². The van der Waals surface area contributed by atoms with Crippen molar-refractivity contribution in [3.05, 3.63) is 83.9 Å². The molecule has 0 bridgehead atoms. The molecule has 0 aliphatic carbocycles. The van der Waals surface area contributed by atoms with E-state index in [9.17, 15) is 0 Å².